The highest BCUT2D eigenvalue weighted by Gasteiger charge is 2.26. The van der Waals surface area contributed by atoms with E-state index in [1.54, 1.807) is 13.8 Å². The van der Waals surface area contributed by atoms with Gasteiger partial charge in [-0.05, 0) is 13.8 Å². The van der Waals surface area contributed by atoms with Crippen LogP contribution in [0, 0.1) is 0 Å². The predicted octanol–water partition coefficient (Wildman–Crippen LogP) is 1.73. The van der Waals surface area contributed by atoms with Crippen LogP contribution in [0.15, 0.2) is 0 Å². The first-order valence-corrected chi connectivity index (χ1v) is 7.50. The minimum absolute atomic E-state index is 0.139. The maximum absolute atomic E-state index is 10.0. The molecule has 1 aliphatic rings. The number of thiazole rings is 1. The van der Waals surface area contributed by atoms with Crippen LogP contribution in [0.3, 0.4) is 0 Å². The molecule has 0 aromatic carbocycles. The van der Waals surface area contributed by atoms with Crippen molar-refractivity contribution in [3.8, 4) is 0 Å². The molecule has 6 heteroatoms. The fourth-order valence-electron chi connectivity index (χ4n) is 1.81. The molecular formula is C13H24N2O3S. The van der Waals surface area contributed by atoms with Crippen molar-refractivity contribution in [1.29, 1.82) is 0 Å². The summed E-state index contributed by atoms with van der Waals surface area (Å²) in [5.74, 6) is 0. The molecule has 0 radical (unpaired) electrons. The summed E-state index contributed by atoms with van der Waals surface area (Å²) in [6.07, 6.45) is 0. The van der Waals surface area contributed by atoms with Gasteiger partial charge in [-0.2, -0.15) is 0 Å². The molecule has 0 spiro atoms. The Kier molecular flexibility index (Phi) is 6.19. The van der Waals surface area contributed by atoms with Gasteiger partial charge in [0, 0.05) is 13.1 Å². The normalized spacial score (nSPS) is 16.0. The van der Waals surface area contributed by atoms with Crippen LogP contribution >= 0.6 is 11.3 Å². The molecule has 5 nitrogen and oxygen atoms in total. The van der Waals surface area contributed by atoms with Gasteiger partial charge in [0.1, 0.15) is 0 Å². The Morgan fingerprint density at radius 1 is 1.32 bits per heavy atom. The van der Waals surface area contributed by atoms with E-state index >= 15 is 0 Å². The zero-order valence-corrected chi connectivity index (χ0v) is 13.0. The largest absolute Gasteiger partial charge is 0.390 e. The van der Waals surface area contributed by atoms with Crippen LogP contribution in [-0.2, 0) is 16.9 Å². The summed E-state index contributed by atoms with van der Waals surface area (Å²) in [6, 6.07) is 0. The average Bonchev–Trinajstić information content (AvgIpc) is 2.86. The fourth-order valence-corrected chi connectivity index (χ4v) is 2.94. The van der Waals surface area contributed by atoms with E-state index in [1.807, 2.05) is 13.8 Å². The molecule has 2 rings (SSSR count). The molecule has 110 valence electrons. The first-order chi connectivity index (χ1) is 9.02. The molecule has 0 amide bonds. The Morgan fingerprint density at radius 3 is 2.32 bits per heavy atom. The number of aliphatic hydroxyl groups excluding tert-OH is 1. The van der Waals surface area contributed by atoms with Crippen molar-refractivity contribution < 1.29 is 14.9 Å². The number of anilines is 1. The topological polar surface area (TPSA) is 65.8 Å². The summed E-state index contributed by atoms with van der Waals surface area (Å²) >= 11 is 1.45. The smallest absolute Gasteiger partial charge is 0.186 e. The van der Waals surface area contributed by atoms with Gasteiger partial charge < -0.3 is 19.8 Å². The fraction of sp³-hybridized carbons (Fsp3) is 0.769. The number of rotatable bonds is 3. The maximum Gasteiger partial charge on any atom is 0.186 e. The van der Waals surface area contributed by atoms with E-state index in [4.69, 9.17) is 4.74 Å². The van der Waals surface area contributed by atoms with Gasteiger partial charge in [0.15, 0.2) is 5.13 Å². The summed E-state index contributed by atoms with van der Waals surface area (Å²) in [5.41, 5.74) is -0.385. The monoisotopic (exact) mass is 288 g/mol. The van der Waals surface area contributed by atoms with E-state index in [0.29, 0.717) is 18.9 Å². The SMILES string of the molecule is CC.CC(C)(O)c1sc(N2CCOCC2)nc1CO. The average molecular weight is 288 g/mol. The molecule has 2 N–H and O–H groups in total. The molecule has 1 aromatic rings. The predicted molar refractivity (Wildman–Crippen MR) is 77.7 cm³/mol. The van der Waals surface area contributed by atoms with Crippen LogP contribution in [-0.4, -0.2) is 41.5 Å². The van der Waals surface area contributed by atoms with Gasteiger partial charge in [-0.3, -0.25) is 0 Å². The number of aromatic nitrogens is 1. The van der Waals surface area contributed by atoms with Crippen LogP contribution in [0.4, 0.5) is 5.13 Å². The lowest BCUT2D eigenvalue weighted by Gasteiger charge is -2.26. The summed E-state index contributed by atoms with van der Waals surface area (Å²) in [4.78, 5) is 7.26. The van der Waals surface area contributed by atoms with Gasteiger partial charge in [-0.1, -0.05) is 25.2 Å². The standard InChI is InChI=1S/C11H18N2O3S.C2H6/c1-11(2,15)9-8(7-14)12-10(17-9)13-3-5-16-6-4-13;1-2/h14-15H,3-7H2,1-2H3;1-2H3. The molecule has 1 aromatic heterocycles. The van der Waals surface area contributed by atoms with Crippen molar-refractivity contribution in [2.75, 3.05) is 31.2 Å². The lowest BCUT2D eigenvalue weighted by atomic mass is 10.1. The van der Waals surface area contributed by atoms with Gasteiger partial charge in [-0.15, -0.1) is 0 Å². The Labute approximate surface area is 118 Å². The number of nitrogens with zero attached hydrogens (tertiary/aromatic N) is 2. The Morgan fingerprint density at radius 2 is 1.89 bits per heavy atom. The number of aliphatic hydroxyl groups is 2. The van der Waals surface area contributed by atoms with Crippen molar-refractivity contribution in [1.82, 2.24) is 4.98 Å². The van der Waals surface area contributed by atoms with E-state index in [9.17, 15) is 10.2 Å². The second-order valence-corrected chi connectivity index (χ2v) is 5.57. The highest BCUT2D eigenvalue weighted by atomic mass is 32.1. The Hall–Kier alpha value is -0.690. The van der Waals surface area contributed by atoms with E-state index in [2.05, 4.69) is 9.88 Å². The van der Waals surface area contributed by atoms with Crippen molar-refractivity contribution in [2.24, 2.45) is 0 Å². The minimum atomic E-state index is -0.958. The number of ether oxygens (including phenoxy) is 1. The highest BCUT2D eigenvalue weighted by molar-refractivity contribution is 7.15. The van der Waals surface area contributed by atoms with E-state index in [-0.39, 0.29) is 6.61 Å². The van der Waals surface area contributed by atoms with Gasteiger partial charge in [0.2, 0.25) is 0 Å². The maximum atomic E-state index is 10.0. The molecule has 0 atom stereocenters. The third-order valence-corrected chi connectivity index (χ3v) is 4.14. The van der Waals surface area contributed by atoms with Crippen LogP contribution in [0.2, 0.25) is 0 Å². The molecule has 2 heterocycles. The molecule has 1 aliphatic heterocycles. The molecule has 0 aliphatic carbocycles. The second-order valence-electron chi connectivity index (χ2n) is 4.59. The summed E-state index contributed by atoms with van der Waals surface area (Å²) in [6.45, 7) is 10.3. The van der Waals surface area contributed by atoms with Crippen molar-refractivity contribution in [2.45, 2.75) is 39.9 Å². The molecule has 0 saturated carbocycles. The minimum Gasteiger partial charge on any atom is -0.390 e. The van der Waals surface area contributed by atoms with E-state index in [1.165, 1.54) is 11.3 Å². The lowest BCUT2D eigenvalue weighted by Crippen LogP contribution is -2.36. The lowest BCUT2D eigenvalue weighted by molar-refractivity contribution is 0.0796. The van der Waals surface area contributed by atoms with Crippen molar-refractivity contribution >= 4 is 16.5 Å². The third kappa shape index (κ3) is 4.14. The number of morpholine rings is 1. The molecular weight excluding hydrogens is 264 g/mol. The van der Waals surface area contributed by atoms with Crippen LogP contribution in [0.1, 0.15) is 38.3 Å². The quantitative estimate of drug-likeness (QED) is 0.886. The van der Waals surface area contributed by atoms with E-state index in [0.717, 1.165) is 23.1 Å². The zero-order chi connectivity index (χ0) is 14.5. The van der Waals surface area contributed by atoms with E-state index < -0.39 is 5.60 Å². The summed E-state index contributed by atoms with van der Waals surface area (Å²) in [5, 5.41) is 20.2. The number of hydrogen-bond donors (Lipinski definition) is 2. The van der Waals surface area contributed by atoms with Gasteiger partial charge in [0.05, 0.1) is 36.0 Å². The Bertz CT molecular complexity index is 382. The molecule has 0 unspecified atom stereocenters. The zero-order valence-electron chi connectivity index (χ0n) is 12.1. The second kappa shape index (κ2) is 7.19. The number of hydrogen-bond acceptors (Lipinski definition) is 6. The third-order valence-electron chi connectivity index (χ3n) is 2.67. The molecule has 19 heavy (non-hydrogen) atoms. The van der Waals surface area contributed by atoms with Crippen molar-refractivity contribution in [3.63, 3.8) is 0 Å². The van der Waals surface area contributed by atoms with Crippen molar-refractivity contribution in [3.05, 3.63) is 10.6 Å². The van der Waals surface area contributed by atoms with Gasteiger partial charge in [0.25, 0.3) is 0 Å². The first-order valence-electron chi connectivity index (χ1n) is 6.68. The first kappa shape index (κ1) is 16.4. The van der Waals surface area contributed by atoms with Gasteiger partial charge in [-0.25, -0.2) is 4.98 Å². The molecule has 1 fully saturated rings. The van der Waals surface area contributed by atoms with Crippen LogP contribution in [0.5, 0.6) is 0 Å². The van der Waals surface area contributed by atoms with Crippen LogP contribution in [0.25, 0.3) is 0 Å². The van der Waals surface area contributed by atoms with Crippen LogP contribution < -0.4 is 4.90 Å². The summed E-state index contributed by atoms with van der Waals surface area (Å²) in [7, 11) is 0. The summed E-state index contributed by atoms with van der Waals surface area (Å²) < 4.78 is 5.29. The molecule has 0 bridgehead atoms. The highest BCUT2D eigenvalue weighted by Crippen LogP contribution is 2.34. The Balaban J connectivity index is 0.000000861. The molecule has 1 saturated heterocycles. The van der Waals surface area contributed by atoms with Gasteiger partial charge >= 0.3 is 0 Å².